The van der Waals surface area contributed by atoms with Gasteiger partial charge in [0.1, 0.15) is 12.9 Å². The quantitative estimate of drug-likeness (QED) is 0.796. The van der Waals surface area contributed by atoms with E-state index in [2.05, 4.69) is 10.1 Å². The van der Waals surface area contributed by atoms with Crippen molar-refractivity contribution in [3.63, 3.8) is 0 Å². The van der Waals surface area contributed by atoms with E-state index in [1.54, 1.807) is 11.0 Å². The van der Waals surface area contributed by atoms with Gasteiger partial charge in [-0.1, -0.05) is 0 Å². The molecule has 0 aromatic carbocycles. The summed E-state index contributed by atoms with van der Waals surface area (Å²) < 4.78 is 45.0. The van der Waals surface area contributed by atoms with Crippen LogP contribution in [0.3, 0.4) is 0 Å². The topological polar surface area (TPSA) is 71.8 Å². The SMILES string of the molecule is O=C(NCCOCC(F)(F)F)C1CCN(C(=O)c2ccoc2)CC1. The summed E-state index contributed by atoms with van der Waals surface area (Å²) in [5.74, 6) is -0.606. The van der Waals surface area contributed by atoms with Crippen molar-refractivity contribution in [1.29, 1.82) is 0 Å². The molecule has 2 amide bonds. The molecule has 0 saturated carbocycles. The molecule has 9 heteroatoms. The number of piperidine rings is 1. The van der Waals surface area contributed by atoms with Crippen LogP contribution in [0.5, 0.6) is 0 Å². The number of carbonyl (C=O) groups excluding carboxylic acids is 2. The lowest BCUT2D eigenvalue weighted by molar-refractivity contribution is -0.173. The summed E-state index contributed by atoms with van der Waals surface area (Å²) in [6, 6.07) is 1.59. The van der Waals surface area contributed by atoms with Gasteiger partial charge in [-0.2, -0.15) is 13.2 Å². The molecule has 0 aliphatic carbocycles. The van der Waals surface area contributed by atoms with Crippen molar-refractivity contribution in [2.24, 2.45) is 5.92 Å². The Balaban J connectivity index is 1.65. The highest BCUT2D eigenvalue weighted by molar-refractivity contribution is 5.94. The second kappa shape index (κ2) is 8.18. The minimum atomic E-state index is -4.36. The maximum atomic E-state index is 12.1. The molecule has 0 radical (unpaired) electrons. The molecule has 1 aliphatic heterocycles. The Hall–Kier alpha value is -2.03. The standard InChI is InChI=1S/C15H19F3N2O4/c16-15(17,18)10-24-8-4-19-13(21)11-1-5-20(6-2-11)14(22)12-3-7-23-9-12/h3,7,9,11H,1-2,4-6,8,10H2,(H,19,21). The first-order chi connectivity index (χ1) is 11.4. The van der Waals surface area contributed by atoms with Crippen LogP contribution in [0.4, 0.5) is 13.2 Å². The summed E-state index contributed by atoms with van der Waals surface area (Å²) in [6.45, 7) is -0.580. The van der Waals surface area contributed by atoms with Crippen molar-refractivity contribution in [3.05, 3.63) is 24.2 Å². The Morgan fingerprint density at radius 1 is 1.33 bits per heavy atom. The molecule has 0 bridgehead atoms. The van der Waals surface area contributed by atoms with Crippen LogP contribution in [-0.2, 0) is 9.53 Å². The average Bonchev–Trinajstić information content (AvgIpc) is 3.07. The third kappa shape index (κ3) is 5.55. The molecule has 0 atom stereocenters. The van der Waals surface area contributed by atoms with E-state index in [1.165, 1.54) is 12.5 Å². The highest BCUT2D eigenvalue weighted by Crippen LogP contribution is 2.19. The molecule has 6 nitrogen and oxygen atoms in total. The van der Waals surface area contributed by atoms with E-state index in [1.807, 2.05) is 0 Å². The maximum absolute atomic E-state index is 12.1. The van der Waals surface area contributed by atoms with Crippen LogP contribution in [0.15, 0.2) is 23.0 Å². The zero-order valence-electron chi connectivity index (χ0n) is 13.0. The average molecular weight is 348 g/mol. The molecular formula is C15H19F3N2O4. The van der Waals surface area contributed by atoms with Gasteiger partial charge >= 0.3 is 6.18 Å². The lowest BCUT2D eigenvalue weighted by Gasteiger charge is -2.31. The summed E-state index contributed by atoms with van der Waals surface area (Å²) in [5, 5.41) is 2.56. The van der Waals surface area contributed by atoms with Crippen LogP contribution in [0.1, 0.15) is 23.2 Å². The Morgan fingerprint density at radius 3 is 2.62 bits per heavy atom. The fraction of sp³-hybridized carbons (Fsp3) is 0.600. The van der Waals surface area contributed by atoms with Gasteiger partial charge in [-0.25, -0.2) is 0 Å². The van der Waals surface area contributed by atoms with Crippen molar-refractivity contribution in [3.8, 4) is 0 Å². The predicted molar refractivity (Wildman–Crippen MR) is 77.2 cm³/mol. The molecular weight excluding hydrogens is 329 g/mol. The van der Waals surface area contributed by atoms with Gasteiger partial charge in [-0.3, -0.25) is 9.59 Å². The molecule has 1 aromatic heterocycles. The number of halogens is 3. The Morgan fingerprint density at radius 2 is 2.04 bits per heavy atom. The van der Waals surface area contributed by atoms with Crippen molar-refractivity contribution in [1.82, 2.24) is 10.2 Å². The zero-order chi connectivity index (χ0) is 17.6. The molecule has 0 spiro atoms. The monoisotopic (exact) mass is 348 g/mol. The predicted octanol–water partition coefficient (Wildman–Crippen LogP) is 1.83. The molecule has 1 aromatic rings. The van der Waals surface area contributed by atoms with Crippen LogP contribution in [0.2, 0.25) is 0 Å². The van der Waals surface area contributed by atoms with Crippen molar-refractivity contribution in [2.75, 3.05) is 32.8 Å². The second-order valence-electron chi connectivity index (χ2n) is 5.54. The first kappa shape index (κ1) is 18.3. The normalized spacial score (nSPS) is 16.2. The first-order valence-electron chi connectivity index (χ1n) is 7.60. The van der Waals surface area contributed by atoms with E-state index >= 15 is 0 Å². The van der Waals surface area contributed by atoms with Gasteiger partial charge in [-0.15, -0.1) is 0 Å². The molecule has 2 heterocycles. The number of alkyl halides is 3. The van der Waals surface area contributed by atoms with E-state index in [0.29, 0.717) is 31.5 Å². The van der Waals surface area contributed by atoms with Crippen LogP contribution in [-0.4, -0.2) is 55.7 Å². The number of nitrogens with zero attached hydrogens (tertiary/aromatic N) is 1. The number of carbonyl (C=O) groups is 2. The fourth-order valence-electron chi connectivity index (χ4n) is 2.49. The third-order valence-corrected chi connectivity index (χ3v) is 3.73. The van der Waals surface area contributed by atoms with Crippen LogP contribution >= 0.6 is 0 Å². The summed E-state index contributed by atoms with van der Waals surface area (Å²) in [6.07, 6.45) is -0.535. The number of hydrogen-bond acceptors (Lipinski definition) is 4. The third-order valence-electron chi connectivity index (χ3n) is 3.73. The van der Waals surface area contributed by atoms with Gasteiger partial charge in [0.2, 0.25) is 5.91 Å². The minimum Gasteiger partial charge on any atom is -0.472 e. The van der Waals surface area contributed by atoms with Crippen LogP contribution in [0, 0.1) is 5.92 Å². The highest BCUT2D eigenvalue weighted by atomic mass is 19.4. The van der Waals surface area contributed by atoms with Gasteiger partial charge in [0.15, 0.2) is 0 Å². The van der Waals surface area contributed by atoms with Crippen molar-refractivity contribution in [2.45, 2.75) is 19.0 Å². The molecule has 0 unspecified atom stereocenters. The van der Waals surface area contributed by atoms with Gasteiger partial charge in [0.25, 0.3) is 5.91 Å². The highest BCUT2D eigenvalue weighted by Gasteiger charge is 2.29. The van der Waals surface area contributed by atoms with Gasteiger partial charge < -0.3 is 19.4 Å². The summed E-state index contributed by atoms with van der Waals surface area (Å²) in [4.78, 5) is 25.7. The summed E-state index contributed by atoms with van der Waals surface area (Å²) in [7, 11) is 0. The largest absolute Gasteiger partial charge is 0.472 e. The van der Waals surface area contributed by atoms with Crippen LogP contribution in [0.25, 0.3) is 0 Å². The molecule has 1 aliphatic rings. The molecule has 2 rings (SSSR count). The maximum Gasteiger partial charge on any atom is 0.411 e. The number of rotatable bonds is 6. The number of ether oxygens (including phenoxy) is 1. The number of likely N-dealkylation sites (tertiary alicyclic amines) is 1. The molecule has 1 N–H and O–H groups in total. The molecule has 134 valence electrons. The lowest BCUT2D eigenvalue weighted by Crippen LogP contribution is -2.43. The minimum absolute atomic E-state index is 0.0308. The number of amides is 2. The number of nitrogens with one attached hydrogen (secondary N) is 1. The van der Waals surface area contributed by atoms with Crippen molar-refractivity contribution >= 4 is 11.8 Å². The summed E-state index contributed by atoms with van der Waals surface area (Å²) >= 11 is 0. The lowest BCUT2D eigenvalue weighted by atomic mass is 9.95. The van der Waals surface area contributed by atoms with Gasteiger partial charge in [0.05, 0.1) is 18.4 Å². The molecule has 1 fully saturated rings. The Kier molecular flexibility index (Phi) is 6.24. The van der Waals surface area contributed by atoms with Crippen LogP contribution < -0.4 is 5.32 Å². The zero-order valence-corrected chi connectivity index (χ0v) is 13.0. The van der Waals surface area contributed by atoms with E-state index in [-0.39, 0.29) is 30.9 Å². The first-order valence-corrected chi connectivity index (χ1v) is 7.60. The van der Waals surface area contributed by atoms with Gasteiger partial charge in [0, 0.05) is 25.6 Å². The van der Waals surface area contributed by atoms with E-state index in [4.69, 9.17) is 4.42 Å². The van der Waals surface area contributed by atoms with E-state index in [9.17, 15) is 22.8 Å². The van der Waals surface area contributed by atoms with Crippen molar-refractivity contribution < 1.29 is 31.9 Å². The number of furan rings is 1. The fourth-order valence-corrected chi connectivity index (χ4v) is 2.49. The Labute approximate surface area is 136 Å². The smallest absolute Gasteiger partial charge is 0.411 e. The second-order valence-corrected chi connectivity index (χ2v) is 5.54. The van der Waals surface area contributed by atoms with Gasteiger partial charge in [-0.05, 0) is 18.9 Å². The molecule has 24 heavy (non-hydrogen) atoms. The molecule has 1 saturated heterocycles. The summed E-state index contributed by atoms with van der Waals surface area (Å²) in [5.41, 5.74) is 0.472. The van der Waals surface area contributed by atoms with E-state index < -0.39 is 12.8 Å². The van der Waals surface area contributed by atoms with E-state index in [0.717, 1.165) is 0 Å². The number of hydrogen-bond donors (Lipinski definition) is 1. The Bertz CT molecular complexity index is 537.